The van der Waals surface area contributed by atoms with E-state index in [-0.39, 0.29) is 5.91 Å². The third-order valence-electron chi connectivity index (χ3n) is 4.15. The normalized spacial score (nSPS) is 15.8. The molecule has 0 atom stereocenters. The quantitative estimate of drug-likeness (QED) is 0.336. The second kappa shape index (κ2) is 7.46. The molecule has 0 aliphatic carbocycles. The Bertz CT molecular complexity index is 1070. The molecule has 1 aliphatic rings. The predicted octanol–water partition coefficient (Wildman–Crippen LogP) is 6.42. The molecule has 0 bridgehead atoms. The number of halogens is 1. The second-order valence-electron chi connectivity index (χ2n) is 6.02. The highest BCUT2D eigenvalue weighted by Gasteiger charge is 2.33. The number of thioether (sulfide) groups is 1. The van der Waals surface area contributed by atoms with E-state index in [2.05, 4.69) is 22.0 Å². The Balaban J connectivity index is 1.61. The van der Waals surface area contributed by atoms with Gasteiger partial charge in [-0.1, -0.05) is 64.2 Å². The highest BCUT2D eigenvalue weighted by Crippen LogP contribution is 2.36. The van der Waals surface area contributed by atoms with Crippen molar-refractivity contribution in [1.29, 1.82) is 0 Å². The van der Waals surface area contributed by atoms with Crippen molar-refractivity contribution in [3.63, 3.8) is 0 Å². The minimum absolute atomic E-state index is 0.131. The topological polar surface area (TPSA) is 33.5 Å². The number of rotatable bonds is 3. The molecule has 0 saturated carbocycles. The standard InChI is InChI=1S/C21H14BrNO2S2/c1-13-11-14(7-9-17(13)22)18-10-8-16(25-18)12-19-20(24)23(21(26)27-19)15-5-3-2-4-6-15/h2-12H,1H3/b19-12-. The summed E-state index contributed by atoms with van der Waals surface area (Å²) in [5.41, 5.74) is 2.90. The van der Waals surface area contributed by atoms with Gasteiger partial charge < -0.3 is 4.42 Å². The molecule has 1 amide bonds. The summed E-state index contributed by atoms with van der Waals surface area (Å²) in [6.07, 6.45) is 1.75. The Hall–Kier alpha value is -2.15. The van der Waals surface area contributed by atoms with Gasteiger partial charge in [-0.2, -0.15) is 0 Å². The highest BCUT2D eigenvalue weighted by molar-refractivity contribution is 9.10. The summed E-state index contributed by atoms with van der Waals surface area (Å²) in [6, 6.07) is 19.2. The fraction of sp³-hybridized carbons (Fsp3) is 0.0476. The number of anilines is 1. The van der Waals surface area contributed by atoms with E-state index in [9.17, 15) is 4.79 Å². The van der Waals surface area contributed by atoms with E-state index in [1.54, 1.807) is 11.0 Å². The molecule has 27 heavy (non-hydrogen) atoms. The molecule has 0 radical (unpaired) electrons. The van der Waals surface area contributed by atoms with E-state index in [1.165, 1.54) is 11.8 Å². The van der Waals surface area contributed by atoms with Crippen LogP contribution in [0.25, 0.3) is 17.4 Å². The van der Waals surface area contributed by atoms with Gasteiger partial charge in [0.2, 0.25) is 0 Å². The van der Waals surface area contributed by atoms with Crippen molar-refractivity contribution < 1.29 is 9.21 Å². The van der Waals surface area contributed by atoms with Crippen molar-refractivity contribution in [2.45, 2.75) is 6.92 Å². The first-order valence-electron chi connectivity index (χ1n) is 8.22. The number of hydrogen-bond donors (Lipinski definition) is 0. The van der Waals surface area contributed by atoms with Crippen LogP contribution in [0.1, 0.15) is 11.3 Å². The average molecular weight is 456 g/mol. The second-order valence-corrected chi connectivity index (χ2v) is 8.55. The van der Waals surface area contributed by atoms with Gasteiger partial charge in [-0.3, -0.25) is 9.69 Å². The Kier molecular flexibility index (Phi) is 5.04. The minimum Gasteiger partial charge on any atom is -0.457 e. The first-order valence-corrected chi connectivity index (χ1v) is 10.2. The monoisotopic (exact) mass is 455 g/mol. The maximum atomic E-state index is 12.8. The molecule has 1 aromatic heterocycles. The van der Waals surface area contributed by atoms with Gasteiger partial charge in [0, 0.05) is 16.1 Å². The van der Waals surface area contributed by atoms with Crippen LogP contribution in [0.4, 0.5) is 5.69 Å². The molecule has 2 heterocycles. The fourth-order valence-corrected chi connectivity index (χ4v) is 4.31. The fourth-order valence-electron chi connectivity index (χ4n) is 2.78. The molecular formula is C21H14BrNO2S2. The number of carbonyl (C=O) groups excluding carboxylic acids is 1. The van der Waals surface area contributed by atoms with Crippen molar-refractivity contribution in [3.8, 4) is 11.3 Å². The van der Waals surface area contributed by atoms with Gasteiger partial charge in [-0.15, -0.1) is 0 Å². The van der Waals surface area contributed by atoms with Crippen molar-refractivity contribution in [1.82, 2.24) is 0 Å². The first-order chi connectivity index (χ1) is 13.0. The molecular weight excluding hydrogens is 442 g/mol. The summed E-state index contributed by atoms with van der Waals surface area (Å²) in [5.74, 6) is 1.25. The van der Waals surface area contributed by atoms with Gasteiger partial charge in [0.25, 0.3) is 5.91 Å². The Morgan fingerprint density at radius 1 is 1.11 bits per heavy atom. The van der Waals surface area contributed by atoms with Crippen molar-refractivity contribution in [2.75, 3.05) is 4.90 Å². The summed E-state index contributed by atoms with van der Waals surface area (Å²) in [7, 11) is 0. The number of nitrogens with zero attached hydrogens (tertiary/aromatic N) is 1. The summed E-state index contributed by atoms with van der Waals surface area (Å²) in [4.78, 5) is 14.9. The maximum absolute atomic E-state index is 12.8. The van der Waals surface area contributed by atoms with E-state index in [4.69, 9.17) is 16.6 Å². The lowest BCUT2D eigenvalue weighted by molar-refractivity contribution is -0.113. The SMILES string of the molecule is Cc1cc(-c2ccc(/C=C3\SC(=S)N(c4ccccc4)C3=O)o2)ccc1Br. The molecule has 0 spiro atoms. The van der Waals surface area contributed by atoms with Crippen LogP contribution in [0.15, 0.2) is 74.5 Å². The van der Waals surface area contributed by atoms with E-state index in [0.29, 0.717) is 15.0 Å². The first kappa shape index (κ1) is 18.2. The minimum atomic E-state index is -0.131. The van der Waals surface area contributed by atoms with Gasteiger partial charge >= 0.3 is 0 Å². The van der Waals surface area contributed by atoms with Crippen LogP contribution in [0.3, 0.4) is 0 Å². The van der Waals surface area contributed by atoms with Crippen LogP contribution in [0, 0.1) is 6.92 Å². The number of para-hydroxylation sites is 1. The molecule has 4 rings (SSSR count). The summed E-state index contributed by atoms with van der Waals surface area (Å²) < 4.78 is 7.51. The zero-order valence-electron chi connectivity index (χ0n) is 14.3. The molecule has 0 N–H and O–H groups in total. The van der Waals surface area contributed by atoms with Crippen molar-refractivity contribution >= 4 is 61.9 Å². The molecule has 134 valence electrons. The molecule has 1 fully saturated rings. The molecule has 1 saturated heterocycles. The largest absolute Gasteiger partial charge is 0.457 e. The van der Waals surface area contributed by atoms with Gasteiger partial charge in [0.1, 0.15) is 11.5 Å². The van der Waals surface area contributed by atoms with E-state index >= 15 is 0 Å². The van der Waals surface area contributed by atoms with E-state index in [1.807, 2.05) is 61.5 Å². The molecule has 1 aliphatic heterocycles. The summed E-state index contributed by atoms with van der Waals surface area (Å²) in [6.45, 7) is 2.03. The Labute approximate surface area is 175 Å². The van der Waals surface area contributed by atoms with Crippen LogP contribution in [0.5, 0.6) is 0 Å². The third kappa shape index (κ3) is 3.65. The number of furan rings is 1. The van der Waals surface area contributed by atoms with E-state index < -0.39 is 0 Å². The van der Waals surface area contributed by atoms with Crippen LogP contribution in [-0.4, -0.2) is 10.2 Å². The van der Waals surface area contributed by atoms with Gasteiger partial charge in [0.05, 0.1) is 10.6 Å². The number of hydrogen-bond acceptors (Lipinski definition) is 4. The zero-order chi connectivity index (χ0) is 19.0. The lowest BCUT2D eigenvalue weighted by atomic mass is 10.1. The van der Waals surface area contributed by atoms with Crippen LogP contribution < -0.4 is 4.90 Å². The number of thiocarbonyl (C=S) groups is 1. The third-order valence-corrected chi connectivity index (χ3v) is 6.34. The number of amides is 1. The molecule has 2 aromatic carbocycles. The average Bonchev–Trinajstić information content (AvgIpc) is 3.23. The smallest absolute Gasteiger partial charge is 0.270 e. The Morgan fingerprint density at radius 2 is 1.89 bits per heavy atom. The lowest BCUT2D eigenvalue weighted by Gasteiger charge is -2.13. The molecule has 3 aromatic rings. The van der Waals surface area contributed by atoms with Crippen molar-refractivity contribution in [3.05, 3.63) is 81.4 Å². The highest BCUT2D eigenvalue weighted by atomic mass is 79.9. The molecule has 3 nitrogen and oxygen atoms in total. The molecule has 0 unspecified atom stereocenters. The van der Waals surface area contributed by atoms with Gasteiger partial charge in [0.15, 0.2) is 4.32 Å². The number of carbonyl (C=O) groups is 1. The molecule has 6 heteroatoms. The number of benzene rings is 2. The van der Waals surface area contributed by atoms with Gasteiger partial charge in [-0.25, -0.2) is 0 Å². The maximum Gasteiger partial charge on any atom is 0.270 e. The lowest BCUT2D eigenvalue weighted by Crippen LogP contribution is -2.27. The van der Waals surface area contributed by atoms with Gasteiger partial charge in [-0.05, 0) is 48.9 Å². The zero-order valence-corrected chi connectivity index (χ0v) is 17.5. The van der Waals surface area contributed by atoms with Crippen LogP contribution in [0.2, 0.25) is 0 Å². The summed E-state index contributed by atoms with van der Waals surface area (Å²) in [5, 5.41) is 0. The van der Waals surface area contributed by atoms with Crippen LogP contribution >= 0.6 is 39.9 Å². The Morgan fingerprint density at radius 3 is 2.63 bits per heavy atom. The van der Waals surface area contributed by atoms with E-state index in [0.717, 1.165) is 27.0 Å². The number of aryl methyl sites for hydroxylation is 1. The predicted molar refractivity (Wildman–Crippen MR) is 119 cm³/mol. The van der Waals surface area contributed by atoms with Crippen LogP contribution in [-0.2, 0) is 4.79 Å². The van der Waals surface area contributed by atoms with Crippen molar-refractivity contribution in [2.24, 2.45) is 0 Å². The summed E-state index contributed by atoms with van der Waals surface area (Å²) >= 11 is 10.2.